The lowest BCUT2D eigenvalue weighted by atomic mass is 10.1. The average Bonchev–Trinajstić information content (AvgIpc) is 2.59. The lowest BCUT2D eigenvalue weighted by Crippen LogP contribution is -2.42. The van der Waals surface area contributed by atoms with E-state index in [0.29, 0.717) is 6.04 Å². The molecule has 0 radical (unpaired) electrons. The Balaban J connectivity index is 0.00000576. The summed E-state index contributed by atoms with van der Waals surface area (Å²) in [5.74, 6) is 0.870. The van der Waals surface area contributed by atoms with Gasteiger partial charge in [0.1, 0.15) is 0 Å². The van der Waals surface area contributed by atoms with Crippen LogP contribution in [0, 0.1) is 0 Å². The first-order valence-electron chi connectivity index (χ1n) is 9.30. The van der Waals surface area contributed by atoms with Crippen molar-refractivity contribution in [2.45, 2.75) is 71.4 Å². The summed E-state index contributed by atoms with van der Waals surface area (Å²) in [6.45, 7) is 6.08. The van der Waals surface area contributed by atoms with E-state index in [9.17, 15) is 4.79 Å². The molecule has 0 saturated carbocycles. The van der Waals surface area contributed by atoms with Crippen LogP contribution in [0.4, 0.5) is 0 Å². The van der Waals surface area contributed by atoms with Crippen LogP contribution in [-0.4, -0.2) is 30.2 Å². The molecule has 0 bridgehead atoms. The number of nitrogens with zero attached hydrogens (tertiary/aromatic N) is 2. The highest BCUT2D eigenvalue weighted by Gasteiger charge is 2.04. The molecule has 0 amide bonds. The molecule has 0 saturated heterocycles. The second kappa shape index (κ2) is 15.2. The fourth-order valence-electron chi connectivity index (χ4n) is 2.64. The van der Waals surface area contributed by atoms with Crippen molar-refractivity contribution in [2.24, 2.45) is 4.99 Å². The standard InChI is InChI=1S/C19H34N4O.HI/c1-4-5-6-7-12-17(2)22-19(20-3)21-14-9-11-16-23-15-10-8-13-18(23)24;/h8,10,13,15,17H,4-7,9,11-12,14,16H2,1-3H3,(H2,20,21,22);1H. The second-order valence-electron chi connectivity index (χ2n) is 6.33. The van der Waals surface area contributed by atoms with Gasteiger partial charge < -0.3 is 15.2 Å². The van der Waals surface area contributed by atoms with Gasteiger partial charge >= 0.3 is 0 Å². The van der Waals surface area contributed by atoms with Crippen LogP contribution < -0.4 is 16.2 Å². The van der Waals surface area contributed by atoms with Crippen LogP contribution in [0.5, 0.6) is 0 Å². The van der Waals surface area contributed by atoms with Gasteiger partial charge in [0.05, 0.1) is 0 Å². The summed E-state index contributed by atoms with van der Waals surface area (Å²) in [5.41, 5.74) is 0.0693. The first-order chi connectivity index (χ1) is 11.7. The Morgan fingerprint density at radius 3 is 2.68 bits per heavy atom. The number of pyridine rings is 1. The molecular formula is C19H35IN4O. The molecule has 1 unspecified atom stereocenters. The van der Waals surface area contributed by atoms with Gasteiger partial charge in [0.15, 0.2) is 5.96 Å². The summed E-state index contributed by atoms with van der Waals surface area (Å²) in [4.78, 5) is 15.9. The fourth-order valence-corrected chi connectivity index (χ4v) is 2.64. The van der Waals surface area contributed by atoms with Gasteiger partial charge in [-0.05, 0) is 32.3 Å². The molecule has 0 aromatic carbocycles. The summed E-state index contributed by atoms with van der Waals surface area (Å²) in [5, 5.41) is 6.80. The first-order valence-corrected chi connectivity index (χ1v) is 9.30. The molecule has 5 nitrogen and oxygen atoms in total. The topological polar surface area (TPSA) is 58.4 Å². The van der Waals surface area contributed by atoms with Crippen LogP contribution in [0.3, 0.4) is 0 Å². The minimum Gasteiger partial charge on any atom is -0.356 e. The number of unbranched alkanes of at least 4 members (excludes halogenated alkanes) is 4. The minimum atomic E-state index is 0. The van der Waals surface area contributed by atoms with E-state index in [4.69, 9.17) is 0 Å². The Hall–Kier alpha value is -1.05. The van der Waals surface area contributed by atoms with E-state index in [-0.39, 0.29) is 29.5 Å². The Morgan fingerprint density at radius 1 is 1.20 bits per heavy atom. The summed E-state index contributed by atoms with van der Waals surface area (Å²) in [6.07, 6.45) is 10.2. The molecule has 0 aliphatic carbocycles. The van der Waals surface area contributed by atoms with Crippen LogP contribution in [-0.2, 0) is 6.54 Å². The minimum absolute atomic E-state index is 0. The summed E-state index contributed by atoms with van der Waals surface area (Å²) >= 11 is 0. The number of halogens is 1. The summed E-state index contributed by atoms with van der Waals surface area (Å²) < 4.78 is 1.76. The maximum atomic E-state index is 11.6. The van der Waals surface area contributed by atoms with E-state index >= 15 is 0 Å². The van der Waals surface area contributed by atoms with E-state index in [2.05, 4.69) is 29.5 Å². The smallest absolute Gasteiger partial charge is 0.250 e. The highest BCUT2D eigenvalue weighted by molar-refractivity contribution is 14.0. The molecular weight excluding hydrogens is 427 g/mol. The fraction of sp³-hybridized carbons (Fsp3) is 0.684. The molecule has 1 aromatic heterocycles. The molecule has 0 fully saturated rings. The number of aryl methyl sites for hydroxylation is 1. The molecule has 25 heavy (non-hydrogen) atoms. The van der Waals surface area contributed by atoms with Crippen molar-refractivity contribution in [3.05, 3.63) is 34.7 Å². The summed E-state index contributed by atoms with van der Waals surface area (Å²) in [7, 11) is 1.81. The molecule has 1 atom stereocenters. The third-order valence-corrected chi connectivity index (χ3v) is 4.11. The van der Waals surface area contributed by atoms with Gasteiger partial charge in [-0.25, -0.2) is 0 Å². The van der Waals surface area contributed by atoms with E-state index < -0.39 is 0 Å². The molecule has 1 heterocycles. The molecule has 0 aliphatic rings. The molecule has 1 rings (SSSR count). The lowest BCUT2D eigenvalue weighted by Gasteiger charge is -2.18. The molecule has 0 spiro atoms. The largest absolute Gasteiger partial charge is 0.356 e. The average molecular weight is 462 g/mol. The van der Waals surface area contributed by atoms with Crippen LogP contribution in [0.1, 0.15) is 58.8 Å². The lowest BCUT2D eigenvalue weighted by molar-refractivity contribution is 0.533. The number of nitrogens with one attached hydrogen (secondary N) is 2. The zero-order valence-electron chi connectivity index (χ0n) is 16.0. The Bertz CT molecular complexity index is 530. The van der Waals surface area contributed by atoms with E-state index in [1.165, 1.54) is 32.1 Å². The predicted octanol–water partition coefficient (Wildman–Crippen LogP) is 3.77. The maximum absolute atomic E-state index is 11.6. The van der Waals surface area contributed by atoms with Crippen molar-refractivity contribution < 1.29 is 0 Å². The van der Waals surface area contributed by atoms with Crippen molar-refractivity contribution in [1.82, 2.24) is 15.2 Å². The number of guanidine groups is 1. The van der Waals surface area contributed by atoms with Crippen molar-refractivity contribution >= 4 is 29.9 Å². The maximum Gasteiger partial charge on any atom is 0.250 e. The molecule has 2 N–H and O–H groups in total. The van der Waals surface area contributed by atoms with Crippen molar-refractivity contribution in [1.29, 1.82) is 0 Å². The van der Waals surface area contributed by atoms with Gasteiger partial charge in [-0.15, -0.1) is 24.0 Å². The van der Waals surface area contributed by atoms with Gasteiger partial charge in [-0.3, -0.25) is 9.79 Å². The molecule has 0 aliphatic heterocycles. The quantitative estimate of drug-likeness (QED) is 0.228. The van der Waals surface area contributed by atoms with Gasteiger partial charge in [-0.1, -0.05) is 38.7 Å². The Labute approximate surface area is 169 Å². The Morgan fingerprint density at radius 2 is 2.00 bits per heavy atom. The van der Waals surface area contributed by atoms with Gasteiger partial charge in [0, 0.05) is 38.4 Å². The van der Waals surface area contributed by atoms with Crippen LogP contribution in [0.25, 0.3) is 0 Å². The highest BCUT2D eigenvalue weighted by Crippen LogP contribution is 2.05. The molecule has 6 heteroatoms. The van der Waals surface area contributed by atoms with Crippen molar-refractivity contribution in [3.8, 4) is 0 Å². The first kappa shape index (κ1) is 23.9. The van der Waals surface area contributed by atoms with Crippen LogP contribution >= 0.6 is 24.0 Å². The zero-order chi connectivity index (χ0) is 17.6. The zero-order valence-corrected chi connectivity index (χ0v) is 18.3. The Kier molecular flexibility index (Phi) is 14.6. The van der Waals surface area contributed by atoms with Gasteiger partial charge in [0.25, 0.3) is 0 Å². The normalized spacial score (nSPS) is 12.4. The number of hydrogen-bond acceptors (Lipinski definition) is 2. The van der Waals surface area contributed by atoms with Crippen molar-refractivity contribution in [3.63, 3.8) is 0 Å². The monoisotopic (exact) mass is 462 g/mol. The number of aromatic nitrogens is 1. The molecule has 144 valence electrons. The van der Waals surface area contributed by atoms with Gasteiger partial charge in [0.2, 0.25) is 5.56 Å². The van der Waals surface area contributed by atoms with Crippen LogP contribution in [0.2, 0.25) is 0 Å². The van der Waals surface area contributed by atoms with Gasteiger partial charge in [-0.2, -0.15) is 0 Å². The SMILES string of the molecule is CCCCCCC(C)NC(=NC)NCCCCn1ccccc1=O.I. The predicted molar refractivity (Wildman–Crippen MR) is 118 cm³/mol. The van der Waals surface area contributed by atoms with E-state index in [1.54, 1.807) is 16.7 Å². The highest BCUT2D eigenvalue weighted by atomic mass is 127. The summed E-state index contributed by atoms with van der Waals surface area (Å²) in [6, 6.07) is 5.72. The second-order valence-corrected chi connectivity index (χ2v) is 6.33. The van der Waals surface area contributed by atoms with Crippen molar-refractivity contribution in [2.75, 3.05) is 13.6 Å². The van der Waals surface area contributed by atoms with E-state index in [1.807, 2.05) is 19.3 Å². The third kappa shape index (κ3) is 11.2. The number of rotatable bonds is 11. The molecule has 1 aromatic rings. The van der Waals surface area contributed by atoms with Crippen LogP contribution in [0.15, 0.2) is 34.2 Å². The number of hydrogen-bond donors (Lipinski definition) is 2. The van der Waals surface area contributed by atoms with E-state index in [0.717, 1.165) is 31.9 Å². The third-order valence-electron chi connectivity index (χ3n) is 4.11. The number of aliphatic imine (C=N–C) groups is 1.